The van der Waals surface area contributed by atoms with Gasteiger partial charge < -0.3 is 14.9 Å². The van der Waals surface area contributed by atoms with Crippen molar-refractivity contribution in [2.45, 2.75) is 24.9 Å². The van der Waals surface area contributed by atoms with Crippen molar-refractivity contribution in [3.05, 3.63) is 69.9 Å². The van der Waals surface area contributed by atoms with Gasteiger partial charge in [0.15, 0.2) is 0 Å². The van der Waals surface area contributed by atoms with Crippen LogP contribution in [0, 0.1) is 11.7 Å². The number of aromatic nitrogens is 2. The molecule has 0 unspecified atom stereocenters. The molecule has 0 aliphatic heterocycles. The van der Waals surface area contributed by atoms with Gasteiger partial charge in [0.2, 0.25) is 0 Å². The van der Waals surface area contributed by atoms with E-state index in [0.717, 1.165) is 0 Å². The van der Waals surface area contributed by atoms with Gasteiger partial charge in [0.25, 0.3) is 5.56 Å². The fourth-order valence-corrected chi connectivity index (χ4v) is 3.52. The van der Waals surface area contributed by atoms with E-state index in [1.54, 1.807) is 0 Å². The summed E-state index contributed by atoms with van der Waals surface area (Å²) in [6.07, 6.45) is 1.52. The van der Waals surface area contributed by atoms with Crippen molar-refractivity contribution in [3.63, 3.8) is 0 Å². The van der Waals surface area contributed by atoms with E-state index in [1.807, 2.05) is 0 Å². The van der Waals surface area contributed by atoms with Crippen molar-refractivity contribution < 1.29 is 19.0 Å². The first kappa shape index (κ1) is 17.2. The first-order valence-corrected chi connectivity index (χ1v) is 7.90. The number of aromatic amines is 2. The highest BCUT2D eigenvalue weighted by Crippen LogP contribution is 2.44. The zero-order chi connectivity index (χ0) is 18.2. The molecule has 0 amide bonds. The number of carbonyl (C=O) groups excluding carboxylic acids is 1. The lowest BCUT2D eigenvalue weighted by Crippen LogP contribution is -2.50. The van der Waals surface area contributed by atoms with Gasteiger partial charge in [-0.25, -0.2) is 4.39 Å². The number of fused-ring (bicyclic) bond motifs is 1. The van der Waals surface area contributed by atoms with Crippen LogP contribution in [-0.4, -0.2) is 33.5 Å². The number of hydrogen-bond donors (Lipinski definition) is 3. The summed E-state index contributed by atoms with van der Waals surface area (Å²) in [4.78, 5) is 24.9. The molecule has 6 nitrogen and oxygen atoms in total. The monoisotopic (exact) mass is 346 g/mol. The number of esters is 1. The highest BCUT2D eigenvalue weighted by Gasteiger charge is 2.51. The highest BCUT2D eigenvalue weighted by atomic mass is 19.1. The van der Waals surface area contributed by atoms with Gasteiger partial charge in [0, 0.05) is 23.6 Å². The molecule has 1 aromatic heterocycles. The lowest BCUT2D eigenvalue weighted by molar-refractivity contribution is -0.158. The van der Waals surface area contributed by atoms with Crippen molar-refractivity contribution in [2.24, 2.45) is 5.92 Å². The molecule has 2 aromatic rings. The third kappa shape index (κ3) is 3.02. The molecule has 7 heteroatoms. The molecule has 0 saturated heterocycles. The maximum absolute atomic E-state index is 13.3. The summed E-state index contributed by atoms with van der Waals surface area (Å²) in [6, 6.07) is 5.52. The number of benzene rings is 1. The quantitative estimate of drug-likeness (QED) is 0.579. The van der Waals surface area contributed by atoms with E-state index < -0.39 is 29.2 Å². The van der Waals surface area contributed by atoms with Crippen molar-refractivity contribution in [3.8, 4) is 0 Å². The molecule has 3 N–H and O–H groups in total. The zero-order valence-electron chi connectivity index (χ0n) is 13.7. The van der Waals surface area contributed by atoms with Gasteiger partial charge in [-0.1, -0.05) is 24.8 Å². The molecule has 0 bridgehead atoms. The second kappa shape index (κ2) is 6.33. The van der Waals surface area contributed by atoms with Crippen LogP contribution < -0.4 is 5.56 Å². The fraction of sp³-hybridized carbons (Fsp3) is 0.333. The molecule has 25 heavy (non-hydrogen) atoms. The molecule has 1 aliphatic rings. The Labute approximate surface area is 143 Å². The van der Waals surface area contributed by atoms with E-state index in [-0.39, 0.29) is 18.6 Å². The molecule has 0 radical (unpaired) electrons. The van der Waals surface area contributed by atoms with Gasteiger partial charge in [-0.3, -0.25) is 14.7 Å². The summed E-state index contributed by atoms with van der Waals surface area (Å²) >= 11 is 0. The third-order valence-corrected chi connectivity index (χ3v) is 4.57. The Bertz CT molecular complexity index is 851. The van der Waals surface area contributed by atoms with Crippen LogP contribution in [0.2, 0.25) is 0 Å². The molecule has 1 heterocycles. The Morgan fingerprint density at radius 3 is 2.76 bits per heavy atom. The minimum atomic E-state index is -1.45. The van der Waals surface area contributed by atoms with Crippen molar-refractivity contribution in [2.75, 3.05) is 6.61 Å². The Morgan fingerprint density at radius 1 is 1.44 bits per heavy atom. The molecule has 0 saturated carbocycles. The van der Waals surface area contributed by atoms with E-state index in [1.165, 1.54) is 37.3 Å². The minimum absolute atomic E-state index is 0.00208. The van der Waals surface area contributed by atoms with Gasteiger partial charge in [0.05, 0.1) is 11.5 Å². The summed E-state index contributed by atoms with van der Waals surface area (Å²) in [5.74, 6) is -2.83. The number of halogens is 1. The number of hydrogen-bond acceptors (Lipinski definition) is 4. The summed E-state index contributed by atoms with van der Waals surface area (Å²) in [6.45, 7) is 5.02. The first-order valence-electron chi connectivity index (χ1n) is 7.90. The molecular weight excluding hydrogens is 327 g/mol. The molecular formula is C18H19FN2O4. The second-order valence-corrected chi connectivity index (χ2v) is 6.43. The number of rotatable bonds is 4. The van der Waals surface area contributed by atoms with Crippen LogP contribution in [0.25, 0.3) is 0 Å². The topological polar surface area (TPSA) is 95.2 Å². The first-order chi connectivity index (χ1) is 11.8. The van der Waals surface area contributed by atoms with E-state index in [4.69, 9.17) is 4.74 Å². The standard InChI is InChI=1S/C18H19FN2O4/c1-3-8-25-17(23)15-13(10-4-6-11(19)7-5-10)14-12(9-18(15,2)24)20-21-16(14)22/h3-7,13,15,24H,1,8-9H2,2H3,(H2,20,21,22)/t13-,15+,18-/m0/s1. The van der Waals surface area contributed by atoms with E-state index in [0.29, 0.717) is 16.8 Å². The maximum Gasteiger partial charge on any atom is 0.313 e. The zero-order valence-corrected chi connectivity index (χ0v) is 13.7. The molecule has 3 atom stereocenters. The average molecular weight is 346 g/mol. The van der Waals surface area contributed by atoms with Gasteiger partial charge >= 0.3 is 5.97 Å². The SMILES string of the molecule is C=CCOC(=O)[C@H]1[C@@H](c2ccc(F)cc2)c2c([nH][nH]c2=O)C[C@]1(C)O. The van der Waals surface area contributed by atoms with Crippen LogP contribution in [-0.2, 0) is 16.0 Å². The lowest BCUT2D eigenvalue weighted by atomic mass is 9.66. The van der Waals surface area contributed by atoms with Gasteiger partial charge in [-0.15, -0.1) is 0 Å². The minimum Gasteiger partial charge on any atom is -0.461 e. The molecule has 3 rings (SSSR count). The van der Waals surface area contributed by atoms with E-state index in [2.05, 4.69) is 16.8 Å². The normalized spacial score (nSPS) is 25.2. The van der Waals surface area contributed by atoms with Crippen LogP contribution in [0.1, 0.15) is 29.7 Å². The number of carbonyl (C=O) groups is 1. The second-order valence-electron chi connectivity index (χ2n) is 6.43. The third-order valence-electron chi connectivity index (χ3n) is 4.57. The lowest BCUT2D eigenvalue weighted by Gasteiger charge is -2.40. The number of aliphatic hydroxyl groups is 1. The van der Waals surface area contributed by atoms with Gasteiger partial charge in [-0.2, -0.15) is 0 Å². The summed E-state index contributed by atoms with van der Waals surface area (Å²) in [5.41, 5.74) is -0.388. The Hall–Kier alpha value is -2.67. The molecule has 1 aliphatic carbocycles. The molecule has 1 aromatic carbocycles. The smallest absolute Gasteiger partial charge is 0.313 e. The summed E-state index contributed by atoms with van der Waals surface area (Å²) in [5, 5.41) is 16.2. The number of H-pyrrole nitrogens is 2. The van der Waals surface area contributed by atoms with Crippen molar-refractivity contribution in [1.29, 1.82) is 0 Å². The number of ether oxygens (including phenoxy) is 1. The van der Waals surface area contributed by atoms with E-state index >= 15 is 0 Å². The predicted octanol–water partition coefficient (Wildman–Crippen LogP) is 1.63. The predicted molar refractivity (Wildman–Crippen MR) is 88.6 cm³/mol. The molecule has 0 fully saturated rings. The maximum atomic E-state index is 13.3. The average Bonchev–Trinajstić information content (AvgIpc) is 2.91. The van der Waals surface area contributed by atoms with Crippen LogP contribution in [0.15, 0.2) is 41.7 Å². The Balaban J connectivity index is 2.16. The largest absolute Gasteiger partial charge is 0.461 e. The van der Waals surface area contributed by atoms with Crippen LogP contribution in [0.3, 0.4) is 0 Å². The summed E-state index contributed by atoms with van der Waals surface area (Å²) in [7, 11) is 0. The Kier molecular flexibility index (Phi) is 4.34. The number of nitrogens with one attached hydrogen (secondary N) is 2. The molecule has 0 spiro atoms. The van der Waals surface area contributed by atoms with E-state index in [9.17, 15) is 19.1 Å². The molecule has 132 valence electrons. The summed E-state index contributed by atoms with van der Waals surface area (Å²) < 4.78 is 18.5. The highest BCUT2D eigenvalue weighted by molar-refractivity contribution is 5.77. The van der Waals surface area contributed by atoms with Crippen molar-refractivity contribution in [1.82, 2.24) is 10.2 Å². The fourth-order valence-electron chi connectivity index (χ4n) is 3.52. The van der Waals surface area contributed by atoms with Crippen molar-refractivity contribution >= 4 is 5.97 Å². The van der Waals surface area contributed by atoms with Crippen LogP contribution in [0.4, 0.5) is 4.39 Å². The van der Waals surface area contributed by atoms with Gasteiger partial charge in [-0.05, 0) is 24.6 Å². The Morgan fingerprint density at radius 2 is 2.12 bits per heavy atom. The van der Waals surface area contributed by atoms with Gasteiger partial charge in [0.1, 0.15) is 12.4 Å². The van der Waals surface area contributed by atoms with Crippen LogP contribution in [0.5, 0.6) is 0 Å². The van der Waals surface area contributed by atoms with Crippen LogP contribution >= 0.6 is 0 Å².